The molecule has 0 bridgehead atoms. The summed E-state index contributed by atoms with van der Waals surface area (Å²) >= 11 is 0. The van der Waals surface area contributed by atoms with E-state index in [0.717, 1.165) is 17.3 Å². The molecule has 1 aliphatic rings. The third kappa shape index (κ3) is 3.92. The summed E-state index contributed by atoms with van der Waals surface area (Å²) in [6.45, 7) is 1.70. The van der Waals surface area contributed by atoms with Crippen molar-refractivity contribution in [3.63, 3.8) is 0 Å². The van der Waals surface area contributed by atoms with E-state index in [1.165, 1.54) is 25.3 Å². The van der Waals surface area contributed by atoms with Crippen LogP contribution in [0.15, 0.2) is 36.5 Å². The first-order valence-electron chi connectivity index (χ1n) is 9.34. The van der Waals surface area contributed by atoms with Gasteiger partial charge in [-0.15, -0.1) is 0 Å². The topological polar surface area (TPSA) is 114 Å². The van der Waals surface area contributed by atoms with Gasteiger partial charge in [-0.1, -0.05) is 0 Å². The van der Waals surface area contributed by atoms with Crippen LogP contribution >= 0.6 is 0 Å². The molecule has 0 fully saturated rings. The van der Waals surface area contributed by atoms with E-state index in [1.54, 1.807) is 6.20 Å². The molecule has 3 heterocycles. The number of rotatable bonds is 5. The Labute approximate surface area is 172 Å². The number of hydrogen-bond donors (Lipinski definition) is 2. The molecular formula is C21H20FN5O3. The van der Waals surface area contributed by atoms with E-state index in [4.69, 9.17) is 10.5 Å². The summed E-state index contributed by atoms with van der Waals surface area (Å²) < 4.78 is 19.6. The lowest BCUT2D eigenvalue weighted by atomic mass is 9.92. The summed E-state index contributed by atoms with van der Waals surface area (Å²) in [5.41, 5.74) is 8.72. The van der Waals surface area contributed by atoms with Crippen LogP contribution in [-0.2, 0) is 19.5 Å². The average molecular weight is 409 g/mol. The zero-order valence-electron chi connectivity index (χ0n) is 16.3. The van der Waals surface area contributed by atoms with E-state index >= 15 is 0 Å². The van der Waals surface area contributed by atoms with Gasteiger partial charge in [-0.3, -0.25) is 9.69 Å². The van der Waals surface area contributed by atoms with Crippen molar-refractivity contribution < 1.29 is 19.0 Å². The fourth-order valence-electron chi connectivity index (χ4n) is 3.61. The lowest BCUT2D eigenvalue weighted by Crippen LogP contribution is -2.32. The number of amides is 1. The van der Waals surface area contributed by atoms with Gasteiger partial charge in [-0.2, -0.15) is 4.98 Å². The van der Waals surface area contributed by atoms with E-state index < -0.39 is 11.7 Å². The molecule has 3 N–H and O–H groups in total. The number of phenols is 1. The van der Waals surface area contributed by atoms with Crippen LogP contribution in [0, 0.1) is 5.82 Å². The highest BCUT2D eigenvalue weighted by Gasteiger charge is 2.24. The maximum absolute atomic E-state index is 14.5. The molecule has 1 amide bonds. The van der Waals surface area contributed by atoms with Crippen molar-refractivity contribution in [1.29, 1.82) is 0 Å². The van der Waals surface area contributed by atoms with Gasteiger partial charge in [0.2, 0.25) is 0 Å². The Hall–Kier alpha value is -3.59. The van der Waals surface area contributed by atoms with Crippen molar-refractivity contribution in [2.24, 2.45) is 5.73 Å². The molecule has 2 aromatic heterocycles. The molecule has 1 aliphatic heterocycles. The highest BCUT2D eigenvalue weighted by Crippen LogP contribution is 2.33. The first kappa shape index (κ1) is 19.7. The van der Waals surface area contributed by atoms with Gasteiger partial charge in [0.05, 0.1) is 18.5 Å². The Bertz CT molecular complexity index is 1120. The number of halogens is 1. The monoisotopic (exact) mass is 409 g/mol. The number of methoxy groups -OCH3 is 1. The average Bonchev–Trinajstić information content (AvgIpc) is 2.73. The summed E-state index contributed by atoms with van der Waals surface area (Å²) in [5.74, 6) is -1.43. The van der Waals surface area contributed by atoms with Crippen molar-refractivity contribution in [2.45, 2.75) is 19.5 Å². The number of carbonyl (C=O) groups is 1. The summed E-state index contributed by atoms with van der Waals surface area (Å²) in [7, 11) is 1.51. The van der Waals surface area contributed by atoms with Crippen molar-refractivity contribution >= 4 is 5.91 Å². The lowest BCUT2D eigenvalue weighted by Gasteiger charge is -2.29. The second-order valence-electron chi connectivity index (χ2n) is 7.00. The van der Waals surface area contributed by atoms with Crippen LogP contribution in [0.2, 0.25) is 0 Å². The number of aromatic hydroxyl groups is 1. The van der Waals surface area contributed by atoms with E-state index in [2.05, 4.69) is 19.9 Å². The van der Waals surface area contributed by atoms with Crippen LogP contribution < -0.4 is 10.5 Å². The maximum Gasteiger partial charge on any atom is 0.316 e. The highest BCUT2D eigenvalue weighted by molar-refractivity contribution is 5.92. The second kappa shape index (κ2) is 8.03. The van der Waals surface area contributed by atoms with Crippen LogP contribution in [0.4, 0.5) is 4.39 Å². The Kier molecular flexibility index (Phi) is 5.28. The van der Waals surface area contributed by atoms with Crippen LogP contribution in [0.1, 0.15) is 27.4 Å². The normalized spacial score (nSPS) is 13.7. The quantitative estimate of drug-likeness (QED) is 0.663. The van der Waals surface area contributed by atoms with Gasteiger partial charge in [0, 0.05) is 37.5 Å². The first-order chi connectivity index (χ1) is 14.4. The minimum absolute atomic E-state index is 0.0711. The molecule has 154 valence electrons. The molecule has 9 heteroatoms. The van der Waals surface area contributed by atoms with Gasteiger partial charge in [-0.25, -0.2) is 14.4 Å². The van der Waals surface area contributed by atoms with Crippen LogP contribution in [0.25, 0.3) is 11.1 Å². The molecule has 0 saturated heterocycles. The Morgan fingerprint density at radius 1 is 1.27 bits per heavy atom. The zero-order chi connectivity index (χ0) is 21.3. The first-order valence-corrected chi connectivity index (χ1v) is 9.34. The minimum Gasteiger partial charge on any atom is -0.508 e. The Morgan fingerprint density at radius 3 is 2.83 bits per heavy atom. The molecule has 1 aromatic carbocycles. The molecule has 0 spiro atoms. The minimum atomic E-state index is -0.684. The number of nitrogens with two attached hydrogens (primary N) is 1. The van der Waals surface area contributed by atoms with E-state index in [0.29, 0.717) is 48.9 Å². The highest BCUT2D eigenvalue weighted by atomic mass is 19.1. The number of phenolic OH excluding ortho intramolecular Hbond substituents is 1. The largest absolute Gasteiger partial charge is 0.508 e. The number of carbonyl (C=O) groups excluding carboxylic acids is 1. The summed E-state index contributed by atoms with van der Waals surface area (Å²) in [6.07, 6.45) is 2.24. The molecule has 0 saturated carbocycles. The molecule has 4 rings (SSSR count). The van der Waals surface area contributed by atoms with Crippen molar-refractivity contribution in [3.05, 3.63) is 65.0 Å². The third-order valence-electron chi connectivity index (χ3n) is 5.02. The van der Waals surface area contributed by atoms with E-state index in [9.17, 15) is 14.3 Å². The van der Waals surface area contributed by atoms with Gasteiger partial charge in [0.25, 0.3) is 5.91 Å². The number of benzene rings is 1. The molecule has 0 unspecified atom stereocenters. The van der Waals surface area contributed by atoms with Gasteiger partial charge in [0.1, 0.15) is 17.3 Å². The SMILES string of the molecule is COc1nccc(CN2CCc3c(-c4ccc(O)cc4F)cc(C(N)=O)nc3C2)n1. The van der Waals surface area contributed by atoms with Crippen molar-refractivity contribution in [1.82, 2.24) is 19.9 Å². The van der Waals surface area contributed by atoms with Gasteiger partial charge in [-0.05, 0) is 41.8 Å². The number of nitrogens with zero attached hydrogens (tertiary/aromatic N) is 4. The van der Waals surface area contributed by atoms with Gasteiger partial charge < -0.3 is 15.6 Å². The maximum atomic E-state index is 14.5. The van der Waals surface area contributed by atoms with Crippen LogP contribution in [-0.4, -0.2) is 44.5 Å². The molecule has 0 radical (unpaired) electrons. The van der Waals surface area contributed by atoms with Crippen LogP contribution in [0.3, 0.4) is 0 Å². The standard InChI is InChI=1S/C21H20FN5O3/c1-30-21-24-6-4-12(25-21)10-27-7-5-15-16(14-3-2-13(28)8-17(14)22)9-18(20(23)29)26-19(15)11-27/h2-4,6,8-9,28H,5,7,10-11H2,1H3,(H2,23,29). The summed E-state index contributed by atoms with van der Waals surface area (Å²) in [4.78, 5) is 26.7. The summed E-state index contributed by atoms with van der Waals surface area (Å²) in [6, 6.07) is 7.56. The van der Waals surface area contributed by atoms with Gasteiger partial charge >= 0.3 is 6.01 Å². The Morgan fingerprint density at radius 2 is 2.10 bits per heavy atom. The molecule has 0 atom stereocenters. The number of primary amides is 1. The molecular weight excluding hydrogens is 389 g/mol. The molecule has 30 heavy (non-hydrogen) atoms. The summed E-state index contributed by atoms with van der Waals surface area (Å²) in [5, 5.41) is 9.53. The van der Waals surface area contributed by atoms with Gasteiger partial charge in [0.15, 0.2) is 0 Å². The Balaban J connectivity index is 1.69. The molecule has 3 aromatic rings. The number of pyridine rings is 1. The lowest BCUT2D eigenvalue weighted by molar-refractivity contribution is 0.0994. The number of aromatic nitrogens is 3. The predicted molar refractivity (Wildman–Crippen MR) is 106 cm³/mol. The molecule has 0 aliphatic carbocycles. The predicted octanol–water partition coefficient (Wildman–Crippen LogP) is 2.05. The van der Waals surface area contributed by atoms with E-state index in [1.807, 2.05) is 6.07 Å². The van der Waals surface area contributed by atoms with Crippen molar-refractivity contribution in [3.8, 4) is 22.9 Å². The fraction of sp³-hybridized carbons (Fsp3) is 0.238. The third-order valence-corrected chi connectivity index (χ3v) is 5.02. The molecule has 8 nitrogen and oxygen atoms in total. The van der Waals surface area contributed by atoms with Crippen molar-refractivity contribution in [2.75, 3.05) is 13.7 Å². The number of fused-ring (bicyclic) bond motifs is 1. The fourth-order valence-corrected chi connectivity index (χ4v) is 3.61. The zero-order valence-corrected chi connectivity index (χ0v) is 16.3. The van der Waals surface area contributed by atoms with Crippen LogP contribution in [0.5, 0.6) is 11.8 Å². The number of hydrogen-bond acceptors (Lipinski definition) is 7. The second-order valence-corrected chi connectivity index (χ2v) is 7.00. The smallest absolute Gasteiger partial charge is 0.316 e. The van der Waals surface area contributed by atoms with E-state index in [-0.39, 0.29) is 11.4 Å². The number of ether oxygens (including phenoxy) is 1.